The van der Waals surface area contributed by atoms with Crippen LogP contribution in [0.1, 0.15) is 13.8 Å². The zero-order chi connectivity index (χ0) is 8.27. The van der Waals surface area contributed by atoms with E-state index in [1.54, 1.807) is 0 Å². The molecule has 0 aromatic heterocycles. The number of hydrogen-bond acceptors (Lipinski definition) is 2. The lowest BCUT2D eigenvalue weighted by molar-refractivity contribution is 0.190. The lowest BCUT2D eigenvalue weighted by atomic mass is 9.89. The van der Waals surface area contributed by atoms with Gasteiger partial charge >= 0.3 is 0 Å². The topological polar surface area (TPSA) is 15.3 Å². The fraction of sp³-hybridized carbons (Fsp3) is 1.00. The predicted octanol–water partition coefficient (Wildman–Crippen LogP) is 0.794. The Morgan fingerprint density at radius 2 is 2.18 bits per heavy atom. The van der Waals surface area contributed by atoms with E-state index < -0.39 is 0 Å². The molecule has 2 nitrogen and oxygen atoms in total. The van der Waals surface area contributed by atoms with E-state index in [1.807, 2.05) is 0 Å². The summed E-state index contributed by atoms with van der Waals surface area (Å²) in [5.74, 6) is 1.80. The Balaban J connectivity index is 2.13. The van der Waals surface area contributed by atoms with Crippen molar-refractivity contribution >= 4 is 0 Å². The fourth-order valence-corrected chi connectivity index (χ4v) is 1.48. The molecule has 0 amide bonds. The zero-order valence-electron chi connectivity index (χ0n) is 7.93. The normalized spacial score (nSPS) is 21.8. The molecule has 2 heteroatoms. The molecular weight excluding hydrogens is 136 g/mol. The van der Waals surface area contributed by atoms with E-state index in [0.717, 1.165) is 11.8 Å². The fourth-order valence-electron chi connectivity index (χ4n) is 1.48. The molecule has 1 heterocycles. The van der Waals surface area contributed by atoms with Crippen molar-refractivity contribution in [3.63, 3.8) is 0 Å². The molecular formula is C9H20N2. The summed E-state index contributed by atoms with van der Waals surface area (Å²) in [4.78, 5) is 2.39. The summed E-state index contributed by atoms with van der Waals surface area (Å²) in [5.41, 5.74) is 0. The second-order valence-corrected chi connectivity index (χ2v) is 3.75. The van der Waals surface area contributed by atoms with E-state index in [-0.39, 0.29) is 0 Å². The van der Waals surface area contributed by atoms with E-state index >= 15 is 0 Å². The van der Waals surface area contributed by atoms with Gasteiger partial charge in [0.15, 0.2) is 0 Å². The smallest absolute Gasteiger partial charge is 0.000745 e. The first-order chi connectivity index (χ1) is 5.24. The summed E-state index contributed by atoms with van der Waals surface area (Å²) in [5, 5.41) is 3.31. The predicted molar refractivity (Wildman–Crippen MR) is 48.7 cm³/mol. The monoisotopic (exact) mass is 156 g/mol. The molecule has 1 saturated heterocycles. The molecule has 66 valence electrons. The molecule has 0 bridgehead atoms. The van der Waals surface area contributed by atoms with E-state index in [9.17, 15) is 0 Å². The average molecular weight is 156 g/mol. The van der Waals surface area contributed by atoms with Crippen LogP contribution in [0.25, 0.3) is 0 Å². The molecule has 0 aromatic carbocycles. The third-order valence-electron chi connectivity index (χ3n) is 2.76. The highest BCUT2D eigenvalue weighted by atomic mass is 15.1. The first kappa shape index (κ1) is 9.01. The van der Waals surface area contributed by atoms with Crippen molar-refractivity contribution in [1.82, 2.24) is 10.2 Å². The van der Waals surface area contributed by atoms with Crippen molar-refractivity contribution in [3.05, 3.63) is 0 Å². The largest absolute Gasteiger partial charge is 0.316 e. The van der Waals surface area contributed by atoms with Crippen molar-refractivity contribution in [1.29, 1.82) is 0 Å². The van der Waals surface area contributed by atoms with Crippen molar-refractivity contribution < 1.29 is 0 Å². The van der Waals surface area contributed by atoms with E-state index in [4.69, 9.17) is 0 Å². The molecule has 11 heavy (non-hydrogen) atoms. The Labute approximate surface area is 70.0 Å². The van der Waals surface area contributed by atoms with Crippen molar-refractivity contribution in [2.45, 2.75) is 13.8 Å². The Morgan fingerprint density at radius 3 is 2.55 bits per heavy atom. The van der Waals surface area contributed by atoms with Crippen molar-refractivity contribution in [2.24, 2.45) is 11.8 Å². The van der Waals surface area contributed by atoms with Crippen LogP contribution in [0.15, 0.2) is 0 Å². The first-order valence-corrected chi connectivity index (χ1v) is 4.63. The molecule has 1 N–H and O–H groups in total. The van der Waals surface area contributed by atoms with Gasteiger partial charge in [0.2, 0.25) is 0 Å². The zero-order valence-corrected chi connectivity index (χ0v) is 7.93. The van der Waals surface area contributed by atoms with Crippen molar-refractivity contribution in [3.8, 4) is 0 Å². The average Bonchev–Trinajstić information content (AvgIpc) is 1.83. The van der Waals surface area contributed by atoms with Crippen LogP contribution < -0.4 is 5.32 Å². The molecule has 0 saturated carbocycles. The van der Waals surface area contributed by atoms with Crippen LogP contribution in [0.5, 0.6) is 0 Å². The highest BCUT2D eigenvalue weighted by Gasteiger charge is 2.23. The van der Waals surface area contributed by atoms with Gasteiger partial charge in [0.1, 0.15) is 0 Å². The standard InChI is InChI=1S/C9H20N2/c1-4-11(3)7-8(2)9-5-10-6-9/h8-10H,4-7H2,1-3H3. The van der Waals surface area contributed by atoms with Gasteiger partial charge in [-0.15, -0.1) is 0 Å². The van der Waals surface area contributed by atoms with Gasteiger partial charge < -0.3 is 10.2 Å². The molecule has 0 radical (unpaired) electrons. The summed E-state index contributed by atoms with van der Waals surface area (Å²) in [6.07, 6.45) is 0. The van der Waals surface area contributed by atoms with Gasteiger partial charge in [-0.2, -0.15) is 0 Å². The van der Waals surface area contributed by atoms with Crippen LogP contribution in [-0.2, 0) is 0 Å². The summed E-state index contributed by atoms with van der Waals surface area (Å²) in [6, 6.07) is 0. The molecule has 1 atom stereocenters. The highest BCUT2D eigenvalue weighted by molar-refractivity contribution is 4.80. The second-order valence-electron chi connectivity index (χ2n) is 3.75. The number of rotatable bonds is 4. The van der Waals surface area contributed by atoms with E-state index in [1.165, 1.54) is 26.2 Å². The number of nitrogens with one attached hydrogen (secondary N) is 1. The first-order valence-electron chi connectivity index (χ1n) is 4.63. The molecule has 0 spiro atoms. The van der Waals surface area contributed by atoms with Crippen LogP contribution in [-0.4, -0.2) is 38.1 Å². The Hall–Kier alpha value is -0.0800. The maximum Gasteiger partial charge on any atom is 0.000745 e. The molecule has 1 unspecified atom stereocenters. The summed E-state index contributed by atoms with van der Waals surface area (Å²) < 4.78 is 0. The van der Waals surface area contributed by atoms with Gasteiger partial charge in [-0.25, -0.2) is 0 Å². The van der Waals surface area contributed by atoms with Gasteiger partial charge in [0, 0.05) is 6.54 Å². The van der Waals surface area contributed by atoms with Crippen LogP contribution in [0.4, 0.5) is 0 Å². The quantitative estimate of drug-likeness (QED) is 0.647. The lowest BCUT2D eigenvalue weighted by Gasteiger charge is -2.34. The van der Waals surface area contributed by atoms with Crippen LogP contribution in [0, 0.1) is 11.8 Å². The molecule has 0 aromatic rings. The molecule has 1 aliphatic heterocycles. The number of nitrogens with zero attached hydrogens (tertiary/aromatic N) is 1. The summed E-state index contributed by atoms with van der Waals surface area (Å²) >= 11 is 0. The third-order valence-corrected chi connectivity index (χ3v) is 2.76. The van der Waals surface area contributed by atoms with Gasteiger partial charge in [-0.3, -0.25) is 0 Å². The Morgan fingerprint density at radius 1 is 1.55 bits per heavy atom. The Kier molecular flexibility index (Phi) is 3.34. The van der Waals surface area contributed by atoms with Crippen LogP contribution in [0.3, 0.4) is 0 Å². The van der Waals surface area contributed by atoms with Gasteiger partial charge in [-0.05, 0) is 38.5 Å². The third kappa shape index (κ3) is 2.46. The minimum Gasteiger partial charge on any atom is -0.316 e. The Bertz CT molecular complexity index is 110. The number of hydrogen-bond donors (Lipinski definition) is 1. The minimum absolute atomic E-state index is 0.862. The van der Waals surface area contributed by atoms with Crippen LogP contribution in [0.2, 0.25) is 0 Å². The molecule has 0 aliphatic carbocycles. The lowest BCUT2D eigenvalue weighted by Crippen LogP contribution is -2.47. The van der Waals surface area contributed by atoms with Gasteiger partial charge in [0.05, 0.1) is 0 Å². The minimum atomic E-state index is 0.862. The van der Waals surface area contributed by atoms with Crippen LogP contribution >= 0.6 is 0 Å². The van der Waals surface area contributed by atoms with E-state index in [0.29, 0.717) is 0 Å². The SMILES string of the molecule is CCN(C)CC(C)C1CNC1. The van der Waals surface area contributed by atoms with Gasteiger partial charge in [-0.1, -0.05) is 13.8 Å². The van der Waals surface area contributed by atoms with Gasteiger partial charge in [0.25, 0.3) is 0 Å². The molecule has 1 aliphatic rings. The molecule has 1 rings (SSSR count). The van der Waals surface area contributed by atoms with E-state index in [2.05, 4.69) is 31.1 Å². The maximum absolute atomic E-state index is 3.31. The summed E-state index contributed by atoms with van der Waals surface area (Å²) in [6.45, 7) is 9.47. The maximum atomic E-state index is 3.31. The van der Waals surface area contributed by atoms with Crippen molar-refractivity contribution in [2.75, 3.05) is 33.2 Å². The second kappa shape index (κ2) is 4.07. The summed E-state index contributed by atoms with van der Waals surface area (Å²) in [7, 11) is 2.20. The molecule has 1 fully saturated rings. The highest BCUT2D eigenvalue weighted by Crippen LogP contribution is 2.16.